The minimum atomic E-state index is -0.324. The first kappa shape index (κ1) is 9.92. The SMILES string of the molecule is CNC(C)(C)c1nc(-c2ccoc2)no1. The van der Waals surface area contributed by atoms with E-state index in [2.05, 4.69) is 15.5 Å². The largest absolute Gasteiger partial charge is 0.472 e. The van der Waals surface area contributed by atoms with E-state index in [1.54, 1.807) is 18.6 Å². The van der Waals surface area contributed by atoms with Gasteiger partial charge in [-0.1, -0.05) is 5.16 Å². The molecule has 0 saturated carbocycles. The van der Waals surface area contributed by atoms with Crippen LogP contribution in [0.1, 0.15) is 19.7 Å². The molecule has 80 valence electrons. The highest BCUT2D eigenvalue weighted by molar-refractivity contribution is 5.51. The Bertz CT molecular complexity index is 431. The molecule has 0 aromatic carbocycles. The van der Waals surface area contributed by atoms with Crippen molar-refractivity contribution in [2.75, 3.05) is 7.05 Å². The predicted molar refractivity (Wildman–Crippen MR) is 54.1 cm³/mol. The van der Waals surface area contributed by atoms with Gasteiger partial charge in [-0.3, -0.25) is 0 Å². The summed E-state index contributed by atoms with van der Waals surface area (Å²) in [6, 6.07) is 1.79. The van der Waals surface area contributed by atoms with Crippen LogP contribution < -0.4 is 5.32 Å². The fourth-order valence-electron chi connectivity index (χ4n) is 1.09. The van der Waals surface area contributed by atoms with Crippen molar-refractivity contribution < 1.29 is 8.94 Å². The molecule has 0 bridgehead atoms. The Kier molecular flexibility index (Phi) is 2.32. The molecule has 5 heteroatoms. The summed E-state index contributed by atoms with van der Waals surface area (Å²) in [5.74, 6) is 1.10. The van der Waals surface area contributed by atoms with Crippen LogP contribution in [0.4, 0.5) is 0 Å². The van der Waals surface area contributed by atoms with Crippen molar-refractivity contribution in [1.29, 1.82) is 0 Å². The molecule has 0 aliphatic carbocycles. The molecular weight excluding hydrogens is 194 g/mol. The third-order valence-electron chi connectivity index (χ3n) is 2.37. The molecule has 0 saturated heterocycles. The summed E-state index contributed by atoms with van der Waals surface area (Å²) in [7, 11) is 1.85. The Morgan fingerprint density at radius 1 is 1.40 bits per heavy atom. The van der Waals surface area contributed by atoms with Gasteiger partial charge in [0.25, 0.3) is 0 Å². The molecule has 2 aromatic heterocycles. The smallest absolute Gasteiger partial charge is 0.246 e. The molecule has 0 radical (unpaired) electrons. The van der Waals surface area contributed by atoms with Crippen LogP contribution in [0.25, 0.3) is 11.4 Å². The number of rotatable bonds is 3. The van der Waals surface area contributed by atoms with Gasteiger partial charge in [-0.2, -0.15) is 4.98 Å². The molecule has 0 spiro atoms. The van der Waals surface area contributed by atoms with Crippen LogP contribution in [0.3, 0.4) is 0 Å². The molecule has 0 unspecified atom stereocenters. The summed E-state index contributed by atoms with van der Waals surface area (Å²) < 4.78 is 10.1. The predicted octanol–water partition coefficient (Wildman–Crippen LogP) is 1.78. The zero-order valence-corrected chi connectivity index (χ0v) is 8.94. The van der Waals surface area contributed by atoms with E-state index in [0.717, 1.165) is 5.56 Å². The van der Waals surface area contributed by atoms with Crippen molar-refractivity contribution >= 4 is 0 Å². The summed E-state index contributed by atoms with van der Waals surface area (Å²) in [5, 5.41) is 6.98. The molecule has 0 fully saturated rings. The van der Waals surface area contributed by atoms with Crippen molar-refractivity contribution in [3.05, 3.63) is 24.5 Å². The Hall–Kier alpha value is -1.62. The van der Waals surface area contributed by atoms with Crippen molar-refractivity contribution in [3.8, 4) is 11.4 Å². The number of hydrogen-bond acceptors (Lipinski definition) is 5. The van der Waals surface area contributed by atoms with Gasteiger partial charge in [-0.05, 0) is 27.0 Å². The third-order valence-corrected chi connectivity index (χ3v) is 2.37. The lowest BCUT2D eigenvalue weighted by molar-refractivity contribution is 0.281. The lowest BCUT2D eigenvalue weighted by Crippen LogP contribution is -2.33. The first-order chi connectivity index (χ1) is 7.13. The third kappa shape index (κ3) is 1.78. The molecular formula is C10H13N3O2. The van der Waals surface area contributed by atoms with Crippen LogP contribution in [-0.2, 0) is 5.54 Å². The lowest BCUT2D eigenvalue weighted by Gasteiger charge is -2.17. The topological polar surface area (TPSA) is 64.1 Å². The Morgan fingerprint density at radius 3 is 2.80 bits per heavy atom. The second-order valence-corrected chi connectivity index (χ2v) is 3.81. The lowest BCUT2D eigenvalue weighted by atomic mass is 10.1. The van der Waals surface area contributed by atoms with E-state index in [9.17, 15) is 0 Å². The van der Waals surface area contributed by atoms with Gasteiger partial charge in [0.1, 0.15) is 6.26 Å². The second kappa shape index (κ2) is 3.51. The highest BCUT2D eigenvalue weighted by Crippen LogP contribution is 2.21. The van der Waals surface area contributed by atoms with Gasteiger partial charge in [-0.15, -0.1) is 0 Å². The average molecular weight is 207 g/mol. The number of hydrogen-bond donors (Lipinski definition) is 1. The van der Waals surface area contributed by atoms with E-state index in [-0.39, 0.29) is 5.54 Å². The normalized spacial score (nSPS) is 11.9. The first-order valence-corrected chi connectivity index (χ1v) is 4.69. The van der Waals surface area contributed by atoms with Crippen LogP contribution in [0.2, 0.25) is 0 Å². The van der Waals surface area contributed by atoms with Gasteiger partial charge in [0.05, 0.1) is 17.4 Å². The zero-order valence-electron chi connectivity index (χ0n) is 8.94. The first-order valence-electron chi connectivity index (χ1n) is 4.69. The quantitative estimate of drug-likeness (QED) is 0.831. The van der Waals surface area contributed by atoms with Gasteiger partial charge in [0, 0.05) is 0 Å². The van der Waals surface area contributed by atoms with E-state index in [0.29, 0.717) is 11.7 Å². The minimum Gasteiger partial charge on any atom is -0.472 e. The summed E-state index contributed by atoms with van der Waals surface area (Å²) in [6.45, 7) is 3.94. The Balaban J connectivity index is 2.33. The maximum Gasteiger partial charge on any atom is 0.246 e. The summed E-state index contributed by atoms with van der Waals surface area (Å²) >= 11 is 0. The highest BCUT2D eigenvalue weighted by atomic mass is 16.5. The van der Waals surface area contributed by atoms with E-state index >= 15 is 0 Å². The summed E-state index contributed by atoms with van der Waals surface area (Å²) in [6.07, 6.45) is 3.16. The van der Waals surface area contributed by atoms with Crippen molar-refractivity contribution in [3.63, 3.8) is 0 Å². The number of nitrogens with zero attached hydrogens (tertiary/aromatic N) is 2. The molecule has 2 aromatic rings. The monoisotopic (exact) mass is 207 g/mol. The van der Waals surface area contributed by atoms with E-state index in [4.69, 9.17) is 8.94 Å². The van der Waals surface area contributed by atoms with E-state index in [1.807, 2.05) is 20.9 Å². The van der Waals surface area contributed by atoms with Gasteiger partial charge < -0.3 is 14.3 Å². The van der Waals surface area contributed by atoms with Crippen LogP contribution >= 0.6 is 0 Å². The molecule has 0 amide bonds. The highest BCUT2D eigenvalue weighted by Gasteiger charge is 2.25. The number of nitrogens with one attached hydrogen (secondary N) is 1. The van der Waals surface area contributed by atoms with Gasteiger partial charge in [-0.25, -0.2) is 0 Å². The van der Waals surface area contributed by atoms with Crippen molar-refractivity contribution in [2.45, 2.75) is 19.4 Å². The van der Waals surface area contributed by atoms with Gasteiger partial charge >= 0.3 is 0 Å². The molecule has 0 atom stereocenters. The molecule has 5 nitrogen and oxygen atoms in total. The van der Waals surface area contributed by atoms with Crippen molar-refractivity contribution in [2.24, 2.45) is 0 Å². The van der Waals surface area contributed by atoms with E-state index < -0.39 is 0 Å². The van der Waals surface area contributed by atoms with Crippen LogP contribution in [0.15, 0.2) is 27.5 Å². The molecule has 1 N–H and O–H groups in total. The number of furan rings is 1. The number of aromatic nitrogens is 2. The molecule has 15 heavy (non-hydrogen) atoms. The van der Waals surface area contributed by atoms with Crippen LogP contribution in [0.5, 0.6) is 0 Å². The van der Waals surface area contributed by atoms with Gasteiger partial charge in [0.15, 0.2) is 0 Å². The second-order valence-electron chi connectivity index (χ2n) is 3.81. The molecule has 0 aliphatic rings. The standard InChI is InChI=1S/C10H13N3O2/c1-10(2,11-3)9-12-8(13-15-9)7-4-5-14-6-7/h4-6,11H,1-3H3. The molecule has 0 aliphatic heterocycles. The Labute approximate surface area is 87.5 Å². The maximum absolute atomic E-state index is 5.18. The molecule has 2 heterocycles. The van der Waals surface area contributed by atoms with Crippen LogP contribution in [0, 0.1) is 0 Å². The summed E-state index contributed by atoms with van der Waals surface area (Å²) in [5.41, 5.74) is 0.492. The van der Waals surface area contributed by atoms with Crippen LogP contribution in [-0.4, -0.2) is 17.2 Å². The average Bonchev–Trinajstić information content (AvgIpc) is 2.88. The summed E-state index contributed by atoms with van der Waals surface area (Å²) in [4.78, 5) is 4.29. The Morgan fingerprint density at radius 2 is 2.20 bits per heavy atom. The van der Waals surface area contributed by atoms with E-state index in [1.165, 1.54) is 0 Å². The fourth-order valence-corrected chi connectivity index (χ4v) is 1.09. The molecule has 2 rings (SSSR count). The van der Waals surface area contributed by atoms with Gasteiger partial charge in [0.2, 0.25) is 11.7 Å². The maximum atomic E-state index is 5.18. The van der Waals surface area contributed by atoms with Crippen molar-refractivity contribution in [1.82, 2.24) is 15.5 Å². The zero-order chi connectivity index (χ0) is 10.9. The minimum absolute atomic E-state index is 0.324. The fraction of sp³-hybridized carbons (Fsp3) is 0.400.